The fourth-order valence-electron chi connectivity index (χ4n) is 4.19. The molecule has 7 nitrogen and oxygen atoms in total. The minimum atomic E-state index is -0.510. The quantitative estimate of drug-likeness (QED) is 0.399. The molecule has 0 bridgehead atoms. The normalized spacial score (nSPS) is 14.7. The fourth-order valence-corrected chi connectivity index (χ4v) is 4.32. The van der Waals surface area contributed by atoms with Crippen molar-refractivity contribution in [1.82, 2.24) is 14.9 Å². The second-order valence-corrected chi connectivity index (χ2v) is 8.57. The van der Waals surface area contributed by atoms with Crippen LogP contribution in [-0.2, 0) is 4.74 Å². The average Bonchev–Trinajstić information content (AvgIpc) is 3.20. The Morgan fingerprint density at radius 3 is 2.70 bits per heavy atom. The molecule has 170 valence electrons. The van der Waals surface area contributed by atoms with E-state index in [0.29, 0.717) is 33.9 Å². The number of amides is 1. The van der Waals surface area contributed by atoms with Crippen LogP contribution < -0.4 is 10.5 Å². The predicted molar refractivity (Wildman–Crippen MR) is 130 cm³/mol. The lowest BCUT2D eigenvalue weighted by Gasteiger charge is -2.26. The Hall–Kier alpha value is -3.13. The van der Waals surface area contributed by atoms with Gasteiger partial charge < -0.3 is 20.2 Å². The van der Waals surface area contributed by atoms with E-state index in [-0.39, 0.29) is 0 Å². The lowest BCUT2D eigenvalue weighted by molar-refractivity contribution is 0.0358. The SMILES string of the molecule is NC(=O)c1cc(-c2ccc(Cl)cc2)nc2c1[nH]c1cc(OCCCN3CCOCC3)ccc12. The number of morpholine rings is 1. The molecule has 33 heavy (non-hydrogen) atoms. The number of halogens is 1. The van der Waals surface area contributed by atoms with Gasteiger partial charge in [0.1, 0.15) is 5.75 Å². The van der Waals surface area contributed by atoms with Crippen molar-refractivity contribution in [3.05, 3.63) is 59.1 Å². The van der Waals surface area contributed by atoms with Gasteiger partial charge in [-0.2, -0.15) is 0 Å². The summed E-state index contributed by atoms with van der Waals surface area (Å²) in [5.41, 5.74) is 9.79. The number of carbonyl (C=O) groups excluding carboxylic acids is 1. The summed E-state index contributed by atoms with van der Waals surface area (Å²) in [7, 11) is 0. The molecule has 8 heteroatoms. The van der Waals surface area contributed by atoms with Gasteiger partial charge in [0.05, 0.1) is 47.6 Å². The molecular formula is C25H25ClN4O3. The van der Waals surface area contributed by atoms with Crippen LogP contribution in [0.3, 0.4) is 0 Å². The molecule has 1 aliphatic heterocycles. The zero-order valence-electron chi connectivity index (χ0n) is 18.1. The molecule has 2 aromatic carbocycles. The van der Waals surface area contributed by atoms with Crippen molar-refractivity contribution in [2.75, 3.05) is 39.5 Å². The van der Waals surface area contributed by atoms with Gasteiger partial charge in [-0.3, -0.25) is 9.69 Å². The Balaban J connectivity index is 1.41. The van der Waals surface area contributed by atoms with Gasteiger partial charge in [0.15, 0.2) is 0 Å². The number of aromatic nitrogens is 2. The number of hydrogen-bond acceptors (Lipinski definition) is 5. The lowest BCUT2D eigenvalue weighted by atomic mass is 10.1. The van der Waals surface area contributed by atoms with E-state index >= 15 is 0 Å². The summed E-state index contributed by atoms with van der Waals surface area (Å²) < 4.78 is 11.4. The first-order valence-electron chi connectivity index (χ1n) is 11.0. The summed E-state index contributed by atoms with van der Waals surface area (Å²) in [5, 5.41) is 1.54. The maximum atomic E-state index is 12.2. The van der Waals surface area contributed by atoms with Crippen LogP contribution >= 0.6 is 11.6 Å². The minimum Gasteiger partial charge on any atom is -0.493 e. The molecule has 0 spiro atoms. The Kier molecular flexibility index (Phi) is 6.17. The van der Waals surface area contributed by atoms with Gasteiger partial charge in [-0.25, -0.2) is 4.98 Å². The molecule has 0 saturated carbocycles. The number of hydrogen-bond donors (Lipinski definition) is 2. The van der Waals surface area contributed by atoms with E-state index in [1.165, 1.54) is 0 Å². The standard InChI is InChI=1S/C25H25ClN4O3/c26-17-4-2-16(3-5-17)21-15-20(25(27)31)24-23(28-21)19-7-6-18(14-22(19)29-24)33-11-1-8-30-9-12-32-13-10-30/h2-7,14-15,29H,1,8-13H2,(H2,27,31). The largest absolute Gasteiger partial charge is 0.493 e. The molecular weight excluding hydrogens is 440 g/mol. The van der Waals surface area contributed by atoms with E-state index < -0.39 is 5.91 Å². The summed E-state index contributed by atoms with van der Waals surface area (Å²) in [6, 6.07) is 14.9. The molecule has 0 aliphatic carbocycles. The van der Waals surface area contributed by atoms with Crippen molar-refractivity contribution < 1.29 is 14.3 Å². The van der Waals surface area contributed by atoms with Gasteiger partial charge in [0.2, 0.25) is 0 Å². The molecule has 0 atom stereocenters. The van der Waals surface area contributed by atoms with Crippen molar-refractivity contribution >= 4 is 39.4 Å². The van der Waals surface area contributed by atoms with Crippen LogP contribution in [0, 0.1) is 0 Å². The molecule has 3 N–H and O–H groups in total. The summed E-state index contributed by atoms with van der Waals surface area (Å²) in [4.78, 5) is 22.7. The third-order valence-corrected chi connectivity index (χ3v) is 6.17. The Morgan fingerprint density at radius 1 is 1.15 bits per heavy atom. The number of nitrogens with zero attached hydrogens (tertiary/aromatic N) is 2. The van der Waals surface area contributed by atoms with Gasteiger partial charge >= 0.3 is 0 Å². The number of benzene rings is 2. The second-order valence-electron chi connectivity index (χ2n) is 8.14. The summed E-state index contributed by atoms with van der Waals surface area (Å²) in [5.74, 6) is 0.262. The Morgan fingerprint density at radius 2 is 1.94 bits per heavy atom. The number of H-pyrrole nitrogens is 1. The van der Waals surface area contributed by atoms with Crippen molar-refractivity contribution in [3.63, 3.8) is 0 Å². The zero-order valence-corrected chi connectivity index (χ0v) is 18.9. The van der Waals surface area contributed by atoms with Gasteiger partial charge in [0, 0.05) is 41.7 Å². The summed E-state index contributed by atoms with van der Waals surface area (Å²) in [6.07, 6.45) is 0.947. The van der Waals surface area contributed by atoms with E-state index in [0.717, 1.165) is 61.5 Å². The van der Waals surface area contributed by atoms with E-state index in [2.05, 4.69) is 9.88 Å². The highest BCUT2D eigenvalue weighted by Crippen LogP contribution is 2.32. The third kappa shape index (κ3) is 4.66. The Bertz CT molecular complexity index is 1300. The van der Waals surface area contributed by atoms with E-state index in [1.807, 2.05) is 30.3 Å². The molecule has 1 aliphatic rings. The lowest BCUT2D eigenvalue weighted by Crippen LogP contribution is -2.37. The van der Waals surface area contributed by atoms with Gasteiger partial charge in [-0.05, 0) is 36.8 Å². The highest BCUT2D eigenvalue weighted by Gasteiger charge is 2.17. The molecule has 1 amide bonds. The first kappa shape index (κ1) is 21.7. The number of fused-ring (bicyclic) bond motifs is 3. The van der Waals surface area contributed by atoms with Crippen LogP contribution in [0.25, 0.3) is 33.2 Å². The topological polar surface area (TPSA) is 93.5 Å². The predicted octanol–water partition coefficient (Wildman–Crippen LogP) is 4.24. The first-order chi connectivity index (χ1) is 16.1. The van der Waals surface area contributed by atoms with Crippen molar-refractivity contribution in [3.8, 4) is 17.0 Å². The van der Waals surface area contributed by atoms with E-state index in [4.69, 9.17) is 31.8 Å². The number of carbonyl (C=O) groups is 1. The van der Waals surface area contributed by atoms with Crippen LogP contribution in [0.2, 0.25) is 5.02 Å². The second kappa shape index (κ2) is 9.39. The van der Waals surface area contributed by atoms with Gasteiger partial charge in [-0.1, -0.05) is 23.7 Å². The number of rotatable bonds is 7. The van der Waals surface area contributed by atoms with Crippen LogP contribution in [0.4, 0.5) is 0 Å². The minimum absolute atomic E-state index is 0.397. The van der Waals surface area contributed by atoms with Crippen molar-refractivity contribution in [1.29, 1.82) is 0 Å². The van der Waals surface area contributed by atoms with E-state index in [9.17, 15) is 4.79 Å². The number of ether oxygens (including phenoxy) is 2. The number of aromatic amines is 1. The number of primary amides is 1. The summed E-state index contributed by atoms with van der Waals surface area (Å²) >= 11 is 6.02. The molecule has 0 unspecified atom stereocenters. The molecule has 0 radical (unpaired) electrons. The molecule has 1 fully saturated rings. The van der Waals surface area contributed by atoms with E-state index in [1.54, 1.807) is 18.2 Å². The first-order valence-corrected chi connectivity index (χ1v) is 11.4. The van der Waals surface area contributed by atoms with Gasteiger partial charge in [-0.15, -0.1) is 0 Å². The van der Waals surface area contributed by atoms with Crippen LogP contribution in [-0.4, -0.2) is 60.2 Å². The van der Waals surface area contributed by atoms with Crippen molar-refractivity contribution in [2.45, 2.75) is 6.42 Å². The number of pyridine rings is 1. The van der Waals surface area contributed by atoms with Crippen LogP contribution in [0.5, 0.6) is 5.75 Å². The molecule has 3 heterocycles. The van der Waals surface area contributed by atoms with Gasteiger partial charge in [0.25, 0.3) is 5.91 Å². The molecule has 5 rings (SSSR count). The fraction of sp³-hybridized carbons (Fsp3) is 0.280. The molecule has 4 aromatic rings. The molecule has 2 aromatic heterocycles. The summed E-state index contributed by atoms with van der Waals surface area (Å²) in [6.45, 7) is 5.20. The molecule has 1 saturated heterocycles. The zero-order chi connectivity index (χ0) is 22.8. The number of nitrogens with one attached hydrogen (secondary N) is 1. The maximum Gasteiger partial charge on any atom is 0.250 e. The Labute approximate surface area is 196 Å². The van der Waals surface area contributed by atoms with Crippen LogP contribution in [0.15, 0.2) is 48.5 Å². The highest BCUT2D eigenvalue weighted by molar-refractivity contribution is 6.30. The average molecular weight is 465 g/mol. The smallest absolute Gasteiger partial charge is 0.250 e. The van der Waals surface area contributed by atoms with Crippen molar-refractivity contribution in [2.24, 2.45) is 5.73 Å². The monoisotopic (exact) mass is 464 g/mol. The maximum absolute atomic E-state index is 12.2. The third-order valence-electron chi connectivity index (χ3n) is 5.92. The highest BCUT2D eigenvalue weighted by atomic mass is 35.5. The number of nitrogens with two attached hydrogens (primary N) is 1. The van der Waals surface area contributed by atoms with Crippen LogP contribution in [0.1, 0.15) is 16.8 Å².